The van der Waals surface area contributed by atoms with Crippen LogP contribution in [-0.2, 0) is 9.59 Å². The summed E-state index contributed by atoms with van der Waals surface area (Å²) in [5.74, 6) is 1.48. The standard InChI is InChI=1S/C23H30O3/c1-4-14-11-19-17-6-5-15-12-16(25)7-9-22(15,2)18(17)8-10-23(19,3)21(14)20(26)13-24/h7-9,12,14,17,19,21,24H,4-6,10-11,13H2,1-3H3. The maximum absolute atomic E-state index is 12.6. The molecular weight excluding hydrogens is 324 g/mol. The normalized spacial score (nSPS) is 43.9. The summed E-state index contributed by atoms with van der Waals surface area (Å²) in [7, 11) is 0. The van der Waals surface area contributed by atoms with E-state index in [4.69, 9.17) is 0 Å². The Morgan fingerprint density at radius 1 is 1.35 bits per heavy atom. The van der Waals surface area contributed by atoms with Gasteiger partial charge in [-0.05, 0) is 67.9 Å². The van der Waals surface area contributed by atoms with E-state index in [9.17, 15) is 14.7 Å². The Hall–Kier alpha value is -1.48. The number of rotatable bonds is 3. The van der Waals surface area contributed by atoms with Crippen LogP contribution in [0.25, 0.3) is 0 Å². The number of allylic oxidation sites excluding steroid dienone is 6. The first-order valence-corrected chi connectivity index (χ1v) is 10.1. The summed E-state index contributed by atoms with van der Waals surface area (Å²) in [6.07, 6.45) is 13.1. The number of carbonyl (C=O) groups is 2. The molecule has 26 heavy (non-hydrogen) atoms. The summed E-state index contributed by atoms with van der Waals surface area (Å²) in [6, 6.07) is 0. The lowest BCUT2D eigenvalue weighted by atomic mass is 9.52. The molecule has 0 aromatic rings. The maximum Gasteiger partial charge on any atom is 0.178 e. The minimum absolute atomic E-state index is 0.0199. The quantitative estimate of drug-likeness (QED) is 0.779. The molecule has 0 saturated heterocycles. The number of hydrogen-bond donors (Lipinski definition) is 1. The van der Waals surface area contributed by atoms with Crippen molar-refractivity contribution in [3.8, 4) is 0 Å². The van der Waals surface area contributed by atoms with Crippen molar-refractivity contribution < 1.29 is 14.7 Å². The van der Waals surface area contributed by atoms with Gasteiger partial charge >= 0.3 is 0 Å². The number of aliphatic hydroxyl groups excluding tert-OH is 1. The van der Waals surface area contributed by atoms with Gasteiger partial charge in [-0.15, -0.1) is 0 Å². The number of fused-ring (bicyclic) bond motifs is 5. The Balaban J connectivity index is 1.75. The number of aliphatic hydroxyl groups is 1. The summed E-state index contributed by atoms with van der Waals surface area (Å²) in [4.78, 5) is 24.4. The first-order chi connectivity index (χ1) is 12.3. The van der Waals surface area contributed by atoms with Crippen LogP contribution in [0.3, 0.4) is 0 Å². The van der Waals surface area contributed by atoms with Gasteiger partial charge in [0.15, 0.2) is 11.6 Å². The van der Waals surface area contributed by atoms with E-state index in [0.29, 0.717) is 17.8 Å². The van der Waals surface area contributed by atoms with Crippen LogP contribution in [0.1, 0.15) is 52.9 Å². The molecule has 3 heteroatoms. The SMILES string of the molecule is CCC1CC2C3CCC4=CC(=O)C=CC4(C)C3=CCC2(C)C1C(=O)CO. The van der Waals surface area contributed by atoms with Crippen molar-refractivity contribution in [2.24, 2.45) is 34.5 Å². The third kappa shape index (κ3) is 2.29. The number of hydrogen-bond acceptors (Lipinski definition) is 3. The van der Waals surface area contributed by atoms with Gasteiger partial charge in [-0.3, -0.25) is 9.59 Å². The molecule has 0 heterocycles. The van der Waals surface area contributed by atoms with E-state index in [1.54, 1.807) is 6.08 Å². The zero-order valence-corrected chi connectivity index (χ0v) is 16.1. The van der Waals surface area contributed by atoms with Gasteiger partial charge in [0.2, 0.25) is 0 Å². The van der Waals surface area contributed by atoms with E-state index in [1.165, 1.54) is 11.1 Å². The highest BCUT2D eigenvalue weighted by molar-refractivity contribution is 6.01. The molecule has 4 aliphatic carbocycles. The molecule has 6 atom stereocenters. The lowest BCUT2D eigenvalue weighted by Gasteiger charge is -2.52. The van der Waals surface area contributed by atoms with Crippen LogP contribution in [0, 0.1) is 34.5 Å². The Kier molecular flexibility index (Phi) is 4.15. The van der Waals surface area contributed by atoms with Gasteiger partial charge in [-0.25, -0.2) is 0 Å². The average Bonchev–Trinajstić information content (AvgIpc) is 2.94. The highest BCUT2D eigenvalue weighted by atomic mass is 16.3. The van der Waals surface area contributed by atoms with Crippen LogP contribution in [0.5, 0.6) is 0 Å². The fourth-order valence-electron chi connectivity index (χ4n) is 6.84. The Morgan fingerprint density at radius 3 is 2.81 bits per heavy atom. The summed E-state index contributed by atoms with van der Waals surface area (Å²) in [5.41, 5.74) is 2.55. The van der Waals surface area contributed by atoms with E-state index < -0.39 is 0 Å². The lowest BCUT2D eigenvalue weighted by molar-refractivity contribution is -0.131. The Bertz CT molecular complexity index is 743. The molecule has 140 valence electrons. The smallest absolute Gasteiger partial charge is 0.178 e. The second-order valence-electron chi connectivity index (χ2n) is 9.23. The van der Waals surface area contributed by atoms with Crippen molar-refractivity contribution in [3.05, 3.63) is 35.5 Å². The molecule has 0 bridgehead atoms. The van der Waals surface area contributed by atoms with E-state index in [2.05, 4.69) is 32.9 Å². The summed E-state index contributed by atoms with van der Waals surface area (Å²) < 4.78 is 0. The van der Waals surface area contributed by atoms with Gasteiger partial charge in [0.1, 0.15) is 6.61 Å². The molecule has 3 nitrogen and oxygen atoms in total. The van der Waals surface area contributed by atoms with E-state index in [0.717, 1.165) is 32.1 Å². The summed E-state index contributed by atoms with van der Waals surface area (Å²) >= 11 is 0. The van der Waals surface area contributed by atoms with E-state index in [-0.39, 0.29) is 34.9 Å². The highest BCUT2D eigenvalue weighted by Crippen LogP contribution is 2.65. The van der Waals surface area contributed by atoms with Crippen molar-refractivity contribution in [1.29, 1.82) is 0 Å². The minimum atomic E-state index is -0.333. The minimum Gasteiger partial charge on any atom is -0.389 e. The third-order valence-electron chi connectivity index (χ3n) is 8.15. The van der Waals surface area contributed by atoms with Crippen molar-refractivity contribution in [1.82, 2.24) is 0 Å². The number of Topliss-reactive ketones (excluding diaryl/α,β-unsaturated/α-hetero) is 1. The zero-order chi connectivity index (χ0) is 18.7. The first-order valence-electron chi connectivity index (χ1n) is 10.1. The van der Waals surface area contributed by atoms with Crippen LogP contribution in [0.2, 0.25) is 0 Å². The summed E-state index contributed by atoms with van der Waals surface area (Å²) in [5, 5.41) is 9.55. The topological polar surface area (TPSA) is 54.4 Å². The second-order valence-corrected chi connectivity index (χ2v) is 9.23. The van der Waals surface area contributed by atoms with E-state index >= 15 is 0 Å². The average molecular weight is 354 g/mol. The fourth-order valence-corrected chi connectivity index (χ4v) is 6.84. The van der Waals surface area contributed by atoms with Crippen LogP contribution in [0.4, 0.5) is 0 Å². The third-order valence-corrected chi connectivity index (χ3v) is 8.15. The van der Waals surface area contributed by atoms with Gasteiger partial charge < -0.3 is 5.11 Å². The summed E-state index contributed by atoms with van der Waals surface area (Å²) in [6.45, 7) is 6.38. The monoisotopic (exact) mass is 354 g/mol. The molecule has 0 aromatic heterocycles. The molecule has 4 rings (SSSR count). The molecule has 0 amide bonds. The number of ketones is 2. The predicted molar refractivity (Wildman–Crippen MR) is 101 cm³/mol. The molecule has 0 aromatic carbocycles. The molecule has 0 radical (unpaired) electrons. The molecule has 2 fully saturated rings. The Morgan fingerprint density at radius 2 is 2.12 bits per heavy atom. The fraction of sp³-hybridized carbons (Fsp3) is 0.652. The van der Waals surface area contributed by atoms with Crippen LogP contribution in [-0.4, -0.2) is 23.3 Å². The maximum atomic E-state index is 12.6. The van der Waals surface area contributed by atoms with Crippen molar-refractivity contribution in [2.45, 2.75) is 52.9 Å². The molecular formula is C23H30O3. The van der Waals surface area contributed by atoms with Gasteiger partial charge in [0, 0.05) is 11.3 Å². The van der Waals surface area contributed by atoms with Crippen molar-refractivity contribution in [3.63, 3.8) is 0 Å². The van der Waals surface area contributed by atoms with Gasteiger partial charge in [-0.1, -0.05) is 43.6 Å². The second kappa shape index (κ2) is 6.02. The van der Waals surface area contributed by atoms with Gasteiger partial charge in [0.05, 0.1) is 0 Å². The lowest BCUT2D eigenvalue weighted by Crippen LogP contribution is -2.45. The number of carbonyl (C=O) groups excluding carboxylic acids is 2. The molecule has 0 aliphatic heterocycles. The Labute approximate surface area is 156 Å². The van der Waals surface area contributed by atoms with Gasteiger partial charge in [0.25, 0.3) is 0 Å². The van der Waals surface area contributed by atoms with Crippen LogP contribution >= 0.6 is 0 Å². The highest BCUT2D eigenvalue weighted by Gasteiger charge is 2.59. The van der Waals surface area contributed by atoms with E-state index in [1.807, 2.05) is 6.08 Å². The molecule has 4 aliphatic rings. The molecule has 1 N–H and O–H groups in total. The van der Waals surface area contributed by atoms with Crippen molar-refractivity contribution in [2.75, 3.05) is 6.61 Å². The van der Waals surface area contributed by atoms with Crippen LogP contribution < -0.4 is 0 Å². The molecule has 6 unspecified atom stereocenters. The molecule has 2 saturated carbocycles. The largest absolute Gasteiger partial charge is 0.389 e. The zero-order valence-electron chi connectivity index (χ0n) is 16.1. The van der Waals surface area contributed by atoms with Crippen molar-refractivity contribution >= 4 is 11.6 Å². The van der Waals surface area contributed by atoms with Crippen LogP contribution in [0.15, 0.2) is 35.5 Å². The first kappa shape index (κ1) is 17.9. The molecule has 0 spiro atoms. The van der Waals surface area contributed by atoms with Gasteiger partial charge in [-0.2, -0.15) is 0 Å². The predicted octanol–water partition coefficient (Wildman–Crippen LogP) is 4.03.